The van der Waals surface area contributed by atoms with E-state index in [1.165, 1.54) is 25.7 Å². The van der Waals surface area contributed by atoms with Gasteiger partial charge >= 0.3 is 0 Å². The van der Waals surface area contributed by atoms with E-state index in [-0.39, 0.29) is 69.1 Å². The Morgan fingerprint density at radius 2 is 1.71 bits per heavy atom. The molecule has 9 heteroatoms. The minimum Gasteiger partial charge on any atom is -0.390 e. The number of fused-ring (bicyclic) bond motifs is 4. The first-order chi connectivity index (χ1) is 24.2. The van der Waals surface area contributed by atoms with Crippen LogP contribution in [0, 0.1) is 56.7 Å². The van der Waals surface area contributed by atoms with E-state index in [0.29, 0.717) is 55.2 Å². The predicted molar refractivity (Wildman–Crippen MR) is 193 cm³/mol. The van der Waals surface area contributed by atoms with Crippen LogP contribution in [0.4, 0.5) is 0 Å². The van der Waals surface area contributed by atoms with Crippen LogP contribution in [-0.2, 0) is 28.8 Å². The van der Waals surface area contributed by atoms with Gasteiger partial charge in [-0.1, -0.05) is 52.8 Å². The van der Waals surface area contributed by atoms with Crippen molar-refractivity contribution in [1.29, 1.82) is 0 Å². The van der Waals surface area contributed by atoms with Gasteiger partial charge in [0.05, 0.1) is 48.2 Å². The van der Waals surface area contributed by atoms with Crippen LogP contribution in [0.1, 0.15) is 105 Å². The van der Waals surface area contributed by atoms with Gasteiger partial charge in [-0.2, -0.15) is 0 Å². The molecule has 1 N–H and O–H groups in total. The summed E-state index contributed by atoms with van der Waals surface area (Å²) in [5.74, 6) is 2.26. The van der Waals surface area contributed by atoms with Gasteiger partial charge in [0.2, 0.25) is 5.91 Å². The van der Waals surface area contributed by atoms with Crippen molar-refractivity contribution in [3.63, 3.8) is 0 Å². The molecule has 1 unspecified atom stereocenters. The van der Waals surface area contributed by atoms with E-state index in [0.717, 1.165) is 32.1 Å². The summed E-state index contributed by atoms with van der Waals surface area (Å²) < 4.78 is 46.6. The zero-order valence-electron chi connectivity index (χ0n) is 31.5. The highest BCUT2D eigenvalue weighted by Crippen LogP contribution is 2.89. The van der Waals surface area contributed by atoms with Gasteiger partial charge in [-0.3, -0.25) is 4.79 Å². The maximum Gasteiger partial charge on any atom is 0.223 e. The van der Waals surface area contributed by atoms with E-state index in [9.17, 15) is 18.3 Å². The summed E-state index contributed by atoms with van der Waals surface area (Å²) in [5.41, 5.74) is 0.127. The molecule has 6 saturated carbocycles. The number of ether oxygens (including phenoxy) is 3. The van der Waals surface area contributed by atoms with Gasteiger partial charge in [-0.15, -0.1) is 0 Å². The molecule has 0 bridgehead atoms. The van der Waals surface area contributed by atoms with Gasteiger partial charge < -0.3 is 24.2 Å². The van der Waals surface area contributed by atoms with E-state index in [4.69, 9.17) is 14.2 Å². The third kappa shape index (κ3) is 5.02. The van der Waals surface area contributed by atoms with Crippen molar-refractivity contribution in [2.45, 2.75) is 141 Å². The van der Waals surface area contributed by atoms with Gasteiger partial charge in [-0.05, 0) is 128 Å². The lowest BCUT2D eigenvalue weighted by Gasteiger charge is -2.64. The fourth-order valence-corrected chi connectivity index (χ4v) is 16.0. The molecule has 0 radical (unpaired) electrons. The van der Waals surface area contributed by atoms with E-state index in [1.54, 1.807) is 24.3 Å². The van der Waals surface area contributed by atoms with Crippen LogP contribution in [0.2, 0.25) is 0 Å². The summed E-state index contributed by atoms with van der Waals surface area (Å²) >= 11 is 0. The van der Waals surface area contributed by atoms with Crippen LogP contribution >= 0.6 is 0 Å². The van der Waals surface area contributed by atoms with E-state index in [1.807, 2.05) is 11.0 Å². The molecule has 2 heterocycles. The summed E-state index contributed by atoms with van der Waals surface area (Å²) in [4.78, 5) is 15.2. The van der Waals surface area contributed by atoms with Crippen LogP contribution in [0.15, 0.2) is 35.2 Å². The third-order valence-electron chi connectivity index (χ3n) is 17.2. The molecule has 282 valence electrons. The Morgan fingerprint density at radius 1 is 0.980 bits per heavy atom. The lowest BCUT2D eigenvalue weighted by Crippen LogP contribution is -2.60. The first-order valence-corrected chi connectivity index (χ1v) is 22.0. The van der Waals surface area contributed by atoms with Crippen molar-refractivity contribution in [3.05, 3.63) is 30.3 Å². The number of benzene rings is 1. The van der Waals surface area contributed by atoms with Crippen molar-refractivity contribution in [2.75, 3.05) is 25.4 Å². The van der Waals surface area contributed by atoms with E-state index < -0.39 is 22.0 Å². The van der Waals surface area contributed by atoms with Crippen LogP contribution in [-0.4, -0.2) is 80.5 Å². The monoisotopic (exact) mass is 723 g/mol. The zero-order chi connectivity index (χ0) is 35.8. The Labute approximate surface area is 305 Å². The topological polar surface area (TPSA) is 102 Å². The average Bonchev–Trinajstić information content (AvgIpc) is 4.02. The molecule has 1 aromatic rings. The average molecular weight is 724 g/mol. The normalized spacial score (nSPS) is 48.4. The quantitative estimate of drug-likeness (QED) is 0.337. The van der Waals surface area contributed by atoms with Gasteiger partial charge in [0.15, 0.2) is 16.1 Å². The summed E-state index contributed by atoms with van der Waals surface area (Å²) in [5, 5.41) is 12.6. The van der Waals surface area contributed by atoms with Crippen molar-refractivity contribution in [3.8, 4) is 0 Å². The fourth-order valence-electron chi connectivity index (χ4n) is 14.5. The summed E-state index contributed by atoms with van der Waals surface area (Å²) in [6.45, 7) is 13.7. The maximum atomic E-state index is 13.4. The molecule has 8 fully saturated rings. The number of hydrogen-bond acceptors (Lipinski definition) is 7. The standard InChI is InChI=1S/C42H61NO7S/c1-26-21-28(24-51(46,47)29-9-7-6-8-10-29)49-36-35(26)39(4)17-18-42-25-41(42)16-15-32(38(2,3)30(41)13-14-31(42)40(39,5)37(36)45)50-34-23-43(19-20-48-34)33(44)22-27-11-12-27/h6-10,26-28,30-32,34-37,45H,11-25H2,1-5H3/t26-,28-,30+,31+,32+,34+,35+,36+,37+,39-,40-,41-,42?/m1/s1. The van der Waals surface area contributed by atoms with Crippen LogP contribution in [0.5, 0.6) is 0 Å². The zero-order valence-corrected chi connectivity index (χ0v) is 32.3. The number of hydrogen-bond donors (Lipinski definition) is 1. The van der Waals surface area contributed by atoms with Gasteiger partial charge in [0, 0.05) is 18.4 Å². The number of carbonyl (C=O) groups excluding carboxylic acids is 1. The molecule has 2 spiro atoms. The highest BCUT2D eigenvalue weighted by atomic mass is 32.2. The van der Waals surface area contributed by atoms with Crippen molar-refractivity contribution in [2.24, 2.45) is 56.7 Å². The van der Waals surface area contributed by atoms with Crippen molar-refractivity contribution < 1.29 is 32.5 Å². The highest BCUT2D eigenvalue weighted by Gasteiger charge is 2.84. The van der Waals surface area contributed by atoms with Crippen LogP contribution in [0.25, 0.3) is 0 Å². The maximum absolute atomic E-state index is 13.4. The molecule has 13 atom stereocenters. The predicted octanol–water partition coefficient (Wildman–Crippen LogP) is 6.64. The molecular weight excluding hydrogens is 663 g/mol. The summed E-state index contributed by atoms with van der Waals surface area (Å²) in [7, 11) is -3.50. The Balaban J connectivity index is 0.923. The molecule has 6 aliphatic carbocycles. The second-order valence-corrected chi connectivity index (χ2v) is 21.7. The minimum atomic E-state index is -3.50. The highest BCUT2D eigenvalue weighted by molar-refractivity contribution is 7.91. The molecule has 8 nitrogen and oxygen atoms in total. The Morgan fingerprint density at radius 3 is 2.45 bits per heavy atom. The van der Waals surface area contributed by atoms with Crippen LogP contribution < -0.4 is 0 Å². The van der Waals surface area contributed by atoms with E-state index in [2.05, 4.69) is 34.6 Å². The van der Waals surface area contributed by atoms with Crippen LogP contribution in [0.3, 0.4) is 0 Å². The molecule has 1 aromatic carbocycles. The number of amides is 1. The Kier molecular flexibility index (Phi) is 8.10. The Bertz CT molecular complexity index is 1650. The van der Waals surface area contributed by atoms with Gasteiger partial charge in [0.25, 0.3) is 0 Å². The Hall–Kier alpha value is -1.52. The number of aliphatic hydroxyl groups excluding tert-OH is 1. The van der Waals surface area contributed by atoms with Crippen molar-refractivity contribution >= 4 is 15.7 Å². The lowest BCUT2D eigenvalue weighted by molar-refractivity contribution is -0.248. The number of carbonyl (C=O) groups is 1. The molecule has 2 saturated heterocycles. The smallest absolute Gasteiger partial charge is 0.223 e. The third-order valence-corrected chi connectivity index (χ3v) is 19.0. The number of rotatable bonds is 7. The molecule has 0 aromatic heterocycles. The number of nitrogens with zero attached hydrogens (tertiary/aromatic N) is 1. The largest absolute Gasteiger partial charge is 0.390 e. The first-order valence-electron chi connectivity index (χ1n) is 20.3. The second-order valence-electron chi connectivity index (χ2n) is 19.6. The first kappa shape index (κ1) is 35.2. The molecule has 2 aliphatic heterocycles. The van der Waals surface area contributed by atoms with Crippen molar-refractivity contribution in [1.82, 2.24) is 4.90 Å². The summed E-state index contributed by atoms with van der Waals surface area (Å²) in [6.07, 6.45) is 10.1. The van der Waals surface area contributed by atoms with E-state index >= 15 is 0 Å². The fraction of sp³-hybridized carbons (Fsp3) is 0.833. The number of morpholine rings is 1. The molecule has 8 aliphatic rings. The minimum absolute atomic E-state index is 0.0184. The van der Waals surface area contributed by atoms with Gasteiger partial charge in [0.1, 0.15) is 0 Å². The lowest BCUT2D eigenvalue weighted by atomic mass is 9.41. The van der Waals surface area contributed by atoms with Gasteiger partial charge in [-0.25, -0.2) is 8.42 Å². The second kappa shape index (κ2) is 11.7. The molecule has 1 amide bonds. The SMILES string of the molecule is C[C@@H]1C[C@H](CS(=O)(=O)c2ccccc2)O[C@H]2[C@H]1[C@@]1(C)CCC34C[C@@]35CC[C@H](O[C@H]3CN(C(=O)CC6CC6)CCO3)C(C)(C)[C@@H]5CC[C@H]4[C@]1(C)[C@H]2O. The molecule has 51 heavy (non-hydrogen) atoms. The molecular formula is C42H61NO7S. The number of aliphatic hydroxyl groups is 1. The molecule has 9 rings (SSSR count). The summed E-state index contributed by atoms with van der Waals surface area (Å²) in [6, 6.07) is 8.72. The number of sulfone groups is 1.